The van der Waals surface area contributed by atoms with Gasteiger partial charge in [-0.05, 0) is 44.0 Å². The highest BCUT2D eigenvalue weighted by Gasteiger charge is 2.32. The van der Waals surface area contributed by atoms with Crippen LogP contribution in [0.4, 0.5) is 10.5 Å². The predicted molar refractivity (Wildman–Crippen MR) is 119 cm³/mol. The molecule has 160 valence electrons. The van der Waals surface area contributed by atoms with Gasteiger partial charge in [0.25, 0.3) is 0 Å². The lowest BCUT2D eigenvalue weighted by Crippen LogP contribution is -2.43. The van der Waals surface area contributed by atoms with E-state index in [9.17, 15) is 4.79 Å². The number of benzene rings is 2. The van der Waals surface area contributed by atoms with Crippen molar-refractivity contribution in [3.8, 4) is 22.6 Å². The minimum Gasteiger partial charge on any atom is -0.456 e. The van der Waals surface area contributed by atoms with Gasteiger partial charge < -0.3 is 14.8 Å². The van der Waals surface area contributed by atoms with Crippen LogP contribution < -0.4 is 15.0 Å². The van der Waals surface area contributed by atoms with E-state index >= 15 is 0 Å². The lowest BCUT2D eigenvalue weighted by Gasteiger charge is -2.35. The Bertz CT molecular complexity index is 1090. The van der Waals surface area contributed by atoms with E-state index in [1.54, 1.807) is 4.90 Å². The third-order valence-electron chi connectivity index (χ3n) is 6.13. The van der Waals surface area contributed by atoms with Crippen molar-refractivity contribution in [2.24, 2.45) is 0 Å². The van der Waals surface area contributed by atoms with Crippen LogP contribution in [0.3, 0.4) is 0 Å². The quantitative estimate of drug-likeness (QED) is 0.680. The molecule has 1 amide bonds. The zero-order valence-corrected chi connectivity index (χ0v) is 17.7. The van der Waals surface area contributed by atoms with Crippen LogP contribution in [0, 0.1) is 0 Å². The van der Waals surface area contributed by atoms with Gasteiger partial charge in [0.05, 0.1) is 25.0 Å². The van der Waals surface area contributed by atoms with Crippen LogP contribution in [0.1, 0.15) is 24.9 Å². The zero-order chi connectivity index (χ0) is 21.4. The van der Waals surface area contributed by atoms with Crippen LogP contribution in [0.2, 0.25) is 0 Å². The molecule has 1 unspecified atom stereocenters. The number of methoxy groups -OCH3 is 1. The van der Waals surface area contributed by atoms with Crippen LogP contribution in [-0.4, -0.2) is 42.1 Å². The Kier molecular flexibility index (Phi) is 5.11. The van der Waals surface area contributed by atoms with Crippen LogP contribution in [0.25, 0.3) is 11.1 Å². The van der Waals surface area contributed by atoms with Crippen LogP contribution in [-0.2, 0) is 11.2 Å². The number of rotatable bonds is 4. The molecule has 7 nitrogen and oxygen atoms in total. The van der Waals surface area contributed by atoms with Crippen molar-refractivity contribution in [3.63, 3.8) is 0 Å². The first kappa shape index (κ1) is 19.6. The van der Waals surface area contributed by atoms with Gasteiger partial charge in [0.15, 0.2) is 0 Å². The maximum absolute atomic E-state index is 12.5. The van der Waals surface area contributed by atoms with E-state index in [0.29, 0.717) is 6.04 Å². The number of anilines is 1. The summed E-state index contributed by atoms with van der Waals surface area (Å²) in [4.78, 5) is 14.3. The topological polar surface area (TPSA) is 68.6 Å². The van der Waals surface area contributed by atoms with E-state index in [2.05, 4.69) is 16.6 Å². The van der Waals surface area contributed by atoms with Crippen LogP contribution in [0.15, 0.2) is 54.9 Å². The number of carbonyl (C=O) groups is 1. The molecule has 1 fully saturated rings. The van der Waals surface area contributed by atoms with Gasteiger partial charge in [-0.15, -0.1) is 0 Å². The molecule has 3 aromatic rings. The average molecular weight is 418 g/mol. The highest BCUT2D eigenvalue weighted by Crippen LogP contribution is 2.44. The molecule has 1 N–H and O–H groups in total. The minimum absolute atomic E-state index is 0.0595. The summed E-state index contributed by atoms with van der Waals surface area (Å²) in [5.74, 6) is 1.53. The number of aromatic nitrogens is 2. The third kappa shape index (κ3) is 3.55. The number of nitrogens with zero attached hydrogens (tertiary/aromatic N) is 3. The molecule has 7 heteroatoms. The number of ether oxygens (including phenoxy) is 2. The van der Waals surface area contributed by atoms with Gasteiger partial charge in [-0.2, -0.15) is 5.10 Å². The molecule has 3 heterocycles. The normalized spacial score (nSPS) is 18.3. The largest absolute Gasteiger partial charge is 0.456 e. The summed E-state index contributed by atoms with van der Waals surface area (Å²) in [5, 5.41) is 7.86. The molecule has 0 spiro atoms. The summed E-state index contributed by atoms with van der Waals surface area (Å²) in [6.45, 7) is 3.91. The molecular formula is C24H26N4O3. The van der Waals surface area contributed by atoms with Crippen molar-refractivity contribution in [2.75, 3.05) is 25.1 Å². The fourth-order valence-electron chi connectivity index (χ4n) is 4.27. The number of hydrogen-bond acceptors (Lipinski definition) is 5. The van der Waals surface area contributed by atoms with E-state index in [0.717, 1.165) is 59.8 Å². The molecule has 2 aliphatic heterocycles. The van der Waals surface area contributed by atoms with Crippen molar-refractivity contribution >= 4 is 11.8 Å². The van der Waals surface area contributed by atoms with Crippen molar-refractivity contribution in [1.29, 1.82) is 0 Å². The number of para-hydroxylation sites is 1. The standard InChI is InChI=1S/C24H26N4O3/c1-16-8-9-21-22(28(16)24(29)30-2)11-10-20(23(21)31-19-6-4-3-5-7-19)17-12-26-27(15-17)18-13-25-14-18/h3-7,10-12,15-16,18,25H,8-9,13-14H2,1-2H3. The fraction of sp³-hybridized carbons (Fsp3) is 0.333. The summed E-state index contributed by atoms with van der Waals surface area (Å²) in [6, 6.07) is 14.2. The van der Waals surface area contributed by atoms with E-state index < -0.39 is 0 Å². The number of hydrogen-bond donors (Lipinski definition) is 1. The van der Waals surface area contributed by atoms with Crippen LogP contribution in [0.5, 0.6) is 11.5 Å². The van der Waals surface area contributed by atoms with Gasteiger partial charge in [0, 0.05) is 42.0 Å². The first-order valence-corrected chi connectivity index (χ1v) is 10.7. The zero-order valence-electron chi connectivity index (χ0n) is 17.7. The number of fused-ring (bicyclic) bond motifs is 1. The molecule has 2 aliphatic rings. The SMILES string of the molecule is COC(=O)N1c2ccc(-c3cnn(C4CNC4)c3)c(Oc3ccccc3)c2CCC1C. The molecule has 2 aromatic carbocycles. The van der Waals surface area contributed by atoms with Crippen molar-refractivity contribution in [2.45, 2.75) is 31.8 Å². The second-order valence-electron chi connectivity index (χ2n) is 8.10. The molecule has 0 aliphatic carbocycles. The monoisotopic (exact) mass is 418 g/mol. The Morgan fingerprint density at radius 1 is 1.16 bits per heavy atom. The lowest BCUT2D eigenvalue weighted by atomic mass is 9.92. The van der Waals surface area contributed by atoms with E-state index in [1.165, 1.54) is 7.11 Å². The Hall–Kier alpha value is -3.32. The van der Waals surface area contributed by atoms with Gasteiger partial charge >= 0.3 is 6.09 Å². The molecular weight excluding hydrogens is 392 g/mol. The second-order valence-corrected chi connectivity index (χ2v) is 8.10. The molecule has 5 rings (SSSR count). The van der Waals surface area contributed by atoms with Gasteiger partial charge in [0.1, 0.15) is 11.5 Å². The first-order chi connectivity index (χ1) is 15.2. The Morgan fingerprint density at radius 2 is 1.97 bits per heavy atom. The average Bonchev–Trinajstić information content (AvgIpc) is 3.22. The molecule has 0 saturated carbocycles. The van der Waals surface area contributed by atoms with E-state index in [4.69, 9.17) is 9.47 Å². The predicted octanol–water partition coefficient (Wildman–Crippen LogP) is 4.39. The second kappa shape index (κ2) is 8.07. The Balaban J connectivity index is 1.62. The Labute approximate surface area is 181 Å². The maximum atomic E-state index is 12.5. The molecule has 1 saturated heterocycles. The fourth-order valence-corrected chi connectivity index (χ4v) is 4.27. The van der Waals surface area contributed by atoms with Gasteiger partial charge in [-0.1, -0.05) is 18.2 Å². The van der Waals surface area contributed by atoms with E-state index in [-0.39, 0.29) is 12.1 Å². The third-order valence-corrected chi connectivity index (χ3v) is 6.13. The number of nitrogens with one attached hydrogen (secondary N) is 1. The van der Waals surface area contributed by atoms with Gasteiger partial charge in [0.2, 0.25) is 0 Å². The summed E-state index contributed by atoms with van der Waals surface area (Å²) in [5.41, 5.74) is 3.84. The van der Waals surface area contributed by atoms with Gasteiger partial charge in [-0.3, -0.25) is 9.58 Å². The molecule has 1 atom stereocenters. The van der Waals surface area contributed by atoms with Crippen molar-refractivity contribution < 1.29 is 14.3 Å². The van der Waals surface area contributed by atoms with Crippen molar-refractivity contribution in [3.05, 3.63) is 60.4 Å². The summed E-state index contributed by atoms with van der Waals surface area (Å²) >= 11 is 0. The molecule has 1 aromatic heterocycles. The molecule has 31 heavy (non-hydrogen) atoms. The first-order valence-electron chi connectivity index (χ1n) is 10.7. The molecule has 0 radical (unpaired) electrons. The summed E-state index contributed by atoms with van der Waals surface area (Å²) in [6.07, 6.45) is 5.28. The minimum atomic E-state index is -0.350. The maximum Gasteiger partial charge on any atom is 0.414 e. The highest BCUT2D eigenvalue weighted by molar-refractivity contribution is 5.92. The van der Waals surface area contributed by atoms with Crippen molar-refractivity contribution in [1.82, 2.24) is 15.1 Å². The summed E-state index contributed by atoms with van der Waals surface area (Å²) < 4.78 is 13.5. The summed E-state index contributed by atoms with van der Waals surface area (Å²) in [7, 11) is 1.42. The number of amides is 1. The molecule has 0 bridgehead atoms. The Morgan fingerprint density at radius 3 is 2.68 bits per heavy atom. The lowest BCUT2D eigenvalue weighted by molar-refractivity contribution is 0.175. The van der Waals surface area contributed by atoms with Crippen LogP contribution >= 0.6 is 0 Å². The van der Waals surface area contributed by atoms with E-state index in [1.807, 2.05) is 60.3 Å². The number of carbonyl (C=O) groups excluding carboxylic acids is 1. The van der Waals surface area contributed by atoms with Gasteiger partial charge in [-0.25, -0.2) is 4.79 Å². The highest BCUT2D eigenvalue weighted by atomic mass is 16.5. The smallest absolute Gasteiger partial charge is 0.414 e.